The van der Waals surface area contributed by atoms with E-state index in [1.807, 2.05) is 6.92 Å². The zero-order valence-electron chi connectivity index (χ0n) is 23.4. The third-order valence-electron chi connectivity index (χ3n) is 7.59. The van der Waals surface area contributed by atoms with Gasteiger partial charge in [-0.2, -0.15) is 18.3 Å². The van der Waals surface area contributed by atoms with Crippen molar-refractivity contribution in [3.63, 3.8) is 0 Å². The maximum atomic E-state index is 15.2. The van der Waals surface area contributed by atoms with Crippen LogP contribution in [0.25, 0.3) is 0 Å². The van der Waals surface area contributed by atoms with Gasteiger partial charge in [0, 0.05) is 19.8 Å². The van der Waals surface area contributed by atoms with E-state index in [0.717, 1.165) is 38.8 Å². The van der Waals surface area contributed by atoms with Crippen LogP contribution in [0, 0.1) is 24.6 Å². The molecule has 40 heavy (non-hydrogen) atoms. The fourth-order valence-corrected chi connectivity index (χ4v) is 5.29. The van der Waals surface area contributed by atoms with Crippen molar-refractivity contribution >= 4 is 23.4 Å². The lowest BCUT2D eigenvalue weighted by atomic mass is 9.79. The third kappa shape index (κ3) is 7.60. The summed E-state index contributed by atoms with van der Waals surface area (Å²) in [6, 6.07) is 3.05. The van der Waals surface area contributed by atoms with Crippen LogP contribution >= 0.6 is 0 Å². The van der Waals surface area contributed by atoms with E-state index in [1.165, 1.54) is 23.9 Å². The first-order chi connectivity index (χ1) is 18.7. The summed E-state index contributed by atoms with van der Waals surface area (Å²) < 4.78 is 54.9. The molecule has 1 aromatic carbocycles. The van der Waals surface area contributed by atoms with Crippen molar-refractivity contribution in [3.05, 3.63) is 47.0 Å². The molecule has 2 aromatic rings. The Kier molecular flexibility index (Phi) is 9.96. The molecule has 0 saturated heterocycles. The zero-order valence-corrected chi connectivity index (χ0v) is 23.4. The summed E-state index contributed by atoms with van der Waals surface area (Å²) in [5.41, 5.74) is 0.812. The van der Waals surface area contributed by atoms with E-state index in [1.54, 1.807) is 13.0 Å². The molecule has 1 heterocycles. The lowest BCUT2D eigenvalue weighted by Crippen LogP contribution is -2.49. The van der Waals surface area contributed by atoms with Gasteiger partial charge in [-0.25, -0.2) is 4.39 Å². The number of aromatic nitrogens is 2. The quantitative estimate of drug-likeness (QED) is 0.415. The highest BCUT2D eigenvalue weighted by molar-refractivity contribution is 6.01. The van der Waals surface area contributed by atoms with Gasteiger partial charge in [-0.1, -0.05) is 19.8 Å². The van der Waals surface area contributed by atoms with Gasteiger partial charge >= 0.3 is 6.18 Å². The van der Waals surface area contributed by atoms with E-state index in [-0.39, 0.29) is 17.2 Å². The minimum absolute atomic E-state index is 0.142. The van der Waals surface area contributed by atoms with Crippen LogP contribution in [0.4, 0.5) is 23.2 Å². The maximum Gasteiger partial charge on any atom is 0.406 e. The van der Waals surface area contributed by atoms with Gasteiger partial charge in [0.15, 0.2) is 0 Å². The predicted octanol–water partition coefficient (Wildman–Crippen LogP) is 5.04. The summed E-state index contributed by atoms with van der Waals surface area (Å²) in [5, 5.41) is 9.53. The fraction of sp³-hybridized carbons (Fsp3) is 0.571. The fourth-order valence-electron chi connectivity index (χ4n) is 5.29. The van der Waals surface area contributed by atoms with Gasteiger partial charge in [0.25, 0.3) is 5.91 Å². The zero-order chi connectivity index (χ0) is 29.8. The number of rotatable bonds is 9. The second-order valence-corrected chi connectivity index (χ2v) is 10.7. The molecule has 0 bridgehead atoms. The van der Waals surface area contributed by atoms with Gasteiger partial charge < -0.3 is 15.5 Å². The van der Waals surface area contributed by atoms with Crippen LogP contribution in [-0.2, 0) is 16.1 Å². The van der Waals surface area contributed by atoms with Crippen LogP contribution in [0.15, 0.2) is 24.4 Å². The Morgan fingerprint density at radius 2 is 1.82 bits per heavy atom. The van der Waals surface area contributed by atoms with Gasteiger partial charge in [0.2, 0.25) is 11.8 Å². The Balaban J connectivity index is 1.81. The number of hydrogen-bond donors (Lipinski definition) is 2. The number of carbonyl (C=O) groups is 3. The molecule has 3 amide bonds. The van der Waals surface area contributed by atoms with Crippen molar-refractivity contribution in [3.8, 4) is 0 Å². The van der Waals surface area contributed by atoms with E-state index < -0.39 is 48.2 Å². The van der Waals surface area contributed by atoms with Crippen LogP contribution in [0.1, 0.15) is 74.0 Å². The number of carbonyl (C=O) groups excluding carboxylic acids is 3. The number of hydrogen-bond acceptors (Lipinski definition) is 4. The molecule has 1 fully saturated rings. The molecule has 2 N–H and O–H groups in total. The summed E-state index contributed by atoms with van der Waals surface area (Å²) in [6.07, 6.45) is 0.178. The number of alkyl halides is 3. The van der Waals surface area contributed by atoms with Crippen molar-refractivity contribution < 1.29 is 31.9 Å². The number of nitrogens with one attached hydrogen (secondary N) is 2. The van der Waals surface area contributed by atoms with E-state index in [2.05, 4.69) is 22.7 Å². The summed E-state index contributed by atoms with van der Waals surface area (Å²) in [7, 11) is 1.04. The molecule has 1 aliphatic rings. The third-order valence-corrected chi connectivity index (χ3v) is 7.59. The van der Waals surface area contributed by atoms with E-state index >= 15 is 4.39 Å². The monoisotopic (exact) mass is 567 g/mol. The summed E-state index contributed by atoms with van der Waals surface area (Å²) in [4.78, 5) is 39.7. The second kappa shape index (κ2) is 12.8. The second-order valence-electron chi connectivity index (χ2n) is 10.7. The molecule has 8 nitrogen and oxygen atoms in total. The smallest absolute Gasteiger partial charge is 0.339 e. The molecule has 1 saturated carbocycles. The molecular weight excluding hydrogens is 530 g/mol. The van der Waals surface area contributed by atoms with Crippen LogP contribution in [0.2, 0.25) is 0 Å². The number of nitrogens with zero attached hydrogens (tertiary/aromatic N) is 3. The molecule has 0 spiro atoms. The molecule has 1 aromatic heterocycles. The van der Waals surface area contributed by atoms with Crippen molar-refractivity contribution in [1.29, 1.82) is 0 Å². The standard InChI is InChI=1S/C28H37F4N5O3/c1-6-37-23(11-12-33-37)25(38)35-24(19-9-7-16(2)8-10-19)26(39)34-22-13-17(3)20(14-21(22)29)18(4)27(40)36(5)15-28(30,31)32/h11-14,16,18-19,24H,6-10,15H2,1-5H3,(H,34,39)(H,35,38)/t16-,18?,19-,24-/m0/s1. The van der Waals surface area contributed by atoms with Crippen molar-refractivity contribution in [2.24, 2.45) is 11.8 Å². The first kappa shape index (κ1) is 31.1. The van der Waals surface area contributed by atoms with Crippen LogP contribution < -0.4 is 10.6 Å². The lowest BCUT2D eigenvalue weighted by Gasteiger charge is -2.32. The molecule has 220 valence electrons. The molecule has 0 aliphatic heterocycles. The first-order valence-electron chi connectivity index (χ1n) is 13.5. The van der Waals surface area contributed by atoms with Crippen LogP contribution in [0.3, 0.4) is 0 Å². The lowest BCUT2D eigenvalue weighted by molar-refractivity contribution is -0.159. The number of halogens is 4. The largest absolute Gasteiger partial charge is 0.406 e. The van der Waals surface area contributed by atoms with Crippen molar-refractivity contribution in [2.45, 2.75) is 78.1 Å². The Bertz CT molecular complexity index is 1220. The SMILES string of the molecule is CCn1nccc1C(=O)N[C@H](C(=O)Nc1cc(C)c(C(C)C(=O)N(C)CC(F)(F)F)cc1F)[C@H]1CC[C@H](C)CC1. The van der Waals surface area contributed by atoms with Gasteiger partial charge in [-0.15, -0.1) is 0 Å². The van der Waals surface area contributed by atoms with Crippen LogP contribution in [-0.4, -0.2) is 58.2 Å². The number of likely N-dealkylation sites (N-methyl/N-ethyl adjacent to an activating group) is 1. The Morgan fingerprint density at radius 1 is 1.18 bits per heavy atom. The first-order valence-corrected chi connectivity index (χ1v) is 13.5. The Morgan fingerprint density at radius 3 is 2.42 bits per heavy atom. The molecular formula is C28H37F4N5O3. The minimum atomic E-state index is -4.56. The Hall–Kier alpha value is -3.44. The van der Waals surface area contributed by atoms with E-state index in [9.17, 15) is 27.6 Å². The average Bonchev–Trinajstić information content (AvgIpc) is 3.37. The molecule has 12 heteroatoms. The normalized spacial score (nSPS) is 19.0. The van der Waals surface area contributed by atoms with E-state index in [0.29, 0.717) is 28.6 Å². The number of aryl methyl sites for hydroxylation is 2. The molecule has 2 atom stereocenters. The summed E-state index contributed by atoms with van der Waals surface area (Å²) >= 11 is 0. The highest BCUT2D eigenvalue weighted by Crippen LogP contribution is 2.32. The Labute approximate surface area is 231 Å². The van der Waals surface area contributed by atoms with Gasteiger partial charge in [-0.05, 0) is 74.8 Å². The highest BCUT2D eigenvalue weighted by Gasteiger charge is 2.35. The number of amides is 3. The highest BCUT2D eigenvalue weighted by atomic mass is 19.4. The molecule has 1 aliphatic carbocycles. The number of benzene rings is 1. The molecule has 1 unspecified atom stereocenters. The molecule has 0 radical (unpaired) electrons. The predicted molar refractivity (Wildman–Crippen MR) is 142 cm³/mol. The van der Waals surface area contributed by atoms with Gasteiger partial charge in [0.05, 0.1) is 11.6 Å². The van der Waals surface area contributed by atoms with Gasteiger partial charge in [-0.3, -0.25) is 19.1 Å². The summed E-state index contributed by atoms with van der Waals surface area (Å²) in [5.74, 6) is -3.36. The summed E-state index contributed by atoms with van der Waals surface area (Å²) in [6.45, 7) is 6.02. The van der Waals surface area contributed by atoms with Gasteiger partial charge in [0.1, 0.15) is 24.1 Å². The number of anilines is 1. The molecule has 3 rings (SSSR count). The minimum Gasteiger partial charge on any atom is -0.339 e. The van der Waals surface area contributed by atoms with Crippen LogP contribution in [0.5, 0.6) is 0 Å². The topological polar surface area (TPSA) is 96.3 Å². The maximum absolute atomic E-state index is 15.2. The van der Waals surface area contributed by atoms with Crippen molar-refractivity contribution in [2.75, 3.05) is 18.9 Å². The van der Waals surface area contributed by atoms with E-state index in [4.69, 9.17) is 0 Å². The van der Waals surface area contributed by atoms with Crippen molar-refractivity contribution in [1.82, 2.24) is 20.0 Å². The average molecular weight is 568 g/mol.